The largest absolute Gasteiger partial charge is 0.341 e. The Morgan fingerprint density at radius 2 is 1.93 bits per heavy atom. The van der Waals surface area contributed by atoms with Gasteiger partial charge in [-0.3, -0.25) is 4.79 Å². The predicted molar refractivity (Wildman–Crippen MR) is 108 cm³/mol. The standard InChI is InChI=1S/C23H28F2N2O/c1-4-18-16(2)19(21(24)25)11-12-20(18)22(28)26-23(13-8-14-27(3)15-23)17-9-6-5-7-10-17/h5-7,9-12,21H,4,8,13-15H2,1-3H3,(H,26,28). The van der Waals surface area contributed by atoms with Gasteiger partial charge >= 0.3 is 0 Å². The van der Waals surface area contributed by atoms with E-state index in [1.54, 1.807) is 13.0 Å². The number of carbonyl (C=O) groups is 1. The zero-order valence-electron chi connectivity index (χ0n) is 16.8. The van der Waals surface area contributed by atoms with Crippen molar-refractivity contribution < 1.29 is 13.6 Å². The lowest BCUT2D eigenvalue weighted by Gasteiger charge is -2.42. The molecule has 3 rings (SSSR count). The van der Waals surface area contributed by atoms with Gasteiger partial charge in [-0.2, -0.15) is 0 Å². The minimum Gasteiger partial charge on any atom is -0.341 e. The minimum atomic E-state index is -2.54. The number of hydrogen-bond acceptors (Lipinski definition) is 2. The molecule has 1 N–H and O–H groups in total. The lowest BCUT2D eigenvalue weighted by molar-refractivity contribution is 0.0806. The molecular weight excluding hydrogens is 358 g/mol. The van der Waals surface area contributed by atoms with Crippen LogP contribution in [-0.2, 0) is 12.0 Å². The number of halogens is 2. The highest BCUT2D eigenvalue weighted by molar-refractivity contribution is 5.96. The predicted octanol–water partition coefficient (Wildman–Crippen LogP) is 4.85. The molecule has 5 heteroatoms. The molecule has 0 spiro atoms. The second-order valence-corrected chi connectivity index (χ2v) is 7.70. The van der Waals surface area contributed by atoms with Crippen molar-refractivity contribution in [2.24, 2.45) is 0 Å². The molecule has 1 unspecified atom stereocenters. The molecule has 1 saturated heterocycles. The van der Waals surface area contributed by atoms with E-state index >= 15 is 0 Å². The van der Waals surface area contributed by atoms with Crippen molar-refractivity contribution in [2.45, 2.75) is 45.1 Å². The van der Waals surface area contributed by atoms with Crippen LogP contribution in [0.15, 0.2) is 42.5 Å². The molecule has 0 aliphatic carbocycles. The number of likely N-dealkylation sites (N-methyl/N-ethyl adjacent to an activating group) is 1. The maximum absolute atomic E-state index is 13.3. The third-order valence-corrected chi connectivity index (χ3v) is 5.84. The summed E-state index contributed by atoms with van der Waals surface area (Å²) in [5.74, 6) is -0.195. The van der Waals surface area contributed by atoms with E-state index in [1.807, 2.05) is 37.3 Å². The van der Waals surface area contributed by atoms with Crippen molar-refractivity contribution in [1.82, 2.24) is 10.2 Å². The molecule has 1 aliphatic rings. The molecule has 28 heavy (non-hydrogen) atoms. The number of carbonyl (C=O) groups excluding carboxylic acids is 1. The van der Waals surface area contributed by atoms with Crippen LogP contribution in [0, 0.1) is 6.92 Å². The molecule has 150 valence electrons. The topological polar surface area (TPSA) is 32.3 Å². The number of nitrogens with one attached hydrogen (secondary N) is 1. The number of hydrogen-bond donors (Lipinski definition) is 1. The van der Waals surface area contributed by atoms with Gasteiger partial charge < -0.3 is 10.2 Å². The van der Waals surface area contributed by atoms with Gasteiger partial charge in [0.2, 0.25) is 0 Å². The molecule has 1 heterocycles. The van der Waals surface area contributed by atoms with Crippen LogP contribution in [0.3, 0.4) is 0 Å². The third kappa shape index (κ3) is 3.95. The van der Waals surface area contributed by atoms with Gasteiger partial charge in [-0.05, 0) is 62.5 Å². The SMILES string of the molecule is CCc1c(C(=O)NC2(c3ccccc3)CCCN(C)C2)ccc(C(F)F)c1C. The molecule has 3 nitrogen and oxygen atoms in total. The van der Waals surface area contributed by atoms with Crippen molar-refractivity contribution in [2.75, 3.05) is 20.1 Å². The molecule has 1 aliphatic heterocycles. The second-order valence-electron chi connectivity index (χ2n) is 7.70. The van der Waals surface area contributed by atoms with Gasteiger partial charge in [0.1, 0.15) is 0 Å². The normalized spacial score (nSPS) is 20.4. The summed E-state index contributed by atoms with van der Waals surface area (Å²) in [6.45, 7) is 5.29. The van der Waals surface area contributed by atoms with E-state index in [1.165, 1.54) is 6.07 Å². The van der Waals surface area contributed by atoms with Crippen molar-refractivity contribution in [1.29, 1.82) is 0 Å². The van der Waals surface area contributed by atoms with E-state index in [0.29, 0.717) is 23.1 Å². The van der Waals surface area contributed by atoms with Crippen molar-refractivity contribution >= 4 is 5.91 Å². The van der Waals surface area contributed by atoms with E-state index < -0.39 is 12.0 Å². The van der Waals surface area contributed by atoms with Gasteiger partial charge in [0, 0.05) is 17.7 Å². The maximum Gasteiger partial charge on any atom is 0.264 e. The van der Waals surface area contributed by atoms with E-state index in [9.17, 15) is 13.6 Å². The number of nitrogens with zero attached hydrogens (tertiary/aromatic N) is 1. The summed E-state index contributed by atoms with van der Waals surface area (Å²) in [5.41, 5.74) is 2.30. The fourth-order valence-electron chi connectivity index (χ4n) is 4.40. The van der Waals surface area contributed by atoms with Crippen LogP contribution >= 0.6 is 0 Å². The Kier molecular flexibility index (Phi) is 6.14. The van der Waals surface area contributed by atoms with Crippen molar-refractivity contribution in [3.8, 4) is 0 Å². The van der Waals surface area contributed by atoms with Gasteiger partial charge in [0.25, 0.3) is 12.3 Å². The molecule has 0 saturated carbocycles. The summed E-state index contributed by atoms with van der Waals surface area (Å²) >= 11 is 0. The third-order valence-electron chi connectivity index (χ3n) is 5.84. The first kappa shape index (κ1) is 20.5. The van der Waals surface area contributed by atoms with Crippen LogP contribution in [0.25, 0.3) is 0 Å². The smallest absolute Gasteiger partial charge is 0.264 e. The second kappa shape index (κ2) is 8.39. The number of benzene rings is 2. The Morgan fingerprint density at radius 1 is 1.21 bits per heavy atom. The lowest BCUT2D eigenvalue weighted by Crippen LogP contribution is -2.55. The zero-order chi connectivity index (χ0) is 20.3. The number of rotatable bonds is 5. The van der Waals surface area contributed by atoms with Gasteiger partial charge in [-0.15, -0.1) is 0 Å². The first-order chi connectivity index (χ1) is 13.4. The van der Waals surface area contributed by atoms with Crippen LogP contribution in [-0.4, -0.2) is 30.9 Å². The van der Waals surface area contributed by atoms with Crippen molar-refractivity contribution in [3.63, 3.8) is 0 Å². The summed E-state index contributed by atoms with van der Waals surface area (Å²) in [5, 5.41) is 3.28. The molecule has 1 atom stereocenters. The summed E-state index contributed by atoms with van der Waals surface area (Å²) in [7, 11) is 2.06. The molecule has 2 aromatic rings. The van der Waals surface area contributed by atoms with Crippen molar-refractivity contribution in [3.05, 3.63) is 70.3 Å². The molecule has 0 radical (unpaired) electrons. The van der Waals surface area contributed by atoms with Crippen LogP contribution in [0.5, 0.6) is 0 Å². The Hall–Kier alpha value is -2.27. The summed E-state index contributed by atoms with van der Waals surface area (Å²) in [6.07, 6.45) is -0.170. The van der Waals surface area contributed by atoms with Crippen LogP contribution in [0.4, 0.5) is 8.78 Å². The zero-order valence-corrected chi connectivity index (χ0v) is 16.8. The number of amides is 1. The Balaban J connectivity index is 1.98. The molecule has 1 fully saturated rings. The van der Waals surface area contributed by atoms with E-state index in [0.717, 1.165) is 31.5 Å². The maximum atomic E-state index is 13.3. The molecule has 1 amide bonds. The van der Waals surface area contributed by atoms with E-state index in [2.05, 4.69) is 17.3 Å². The fraction of sp³-hybridized carbons (Fsp3) is 0.435. The van der Waals surface area contributed by atoms with Crippen LogP contribution < -0.4 is 5.32 Å². The highest BCUT2D eigenvalue weighted by atomic mass is 19.3. The molecule has 0 bridgehead atoms. The highest BCUT2D eigenvalue weighted by Gasteiger charge is 2.38. The Bertz CT molecular complexity index is 838. The number of alkyl halides is 2. The average molecular weight is 386 g/mol. The number of likely N-dealkylation sites (tertiary alicyclic amines) is 1. The first-order valence-corrected chi connectivity index (χ1v) is 9.85. The Morgan fingerprint density at radius 3 is 2.54 bits per heavy atom. The quantitative estimate of drug-likeness (QED) is 0.797. The average Bonchev–Trinajstić information content (AvgIpc) is 2.68. The lowest BCUT2D eigenvalue weighted by atomic mass is 9.81. The Labute approximate surface area is 165 Å². The number of piperidine rings is 1. The molecular formula is C23H28F2N2O. The summed E-state index contributed by atoms with van der Waals surface area (Å²) in [4.78, 5) is 15.5. The molecule has 2 aromatic carbocycles. The minimum absolute atomic E-state index is 0.00331. The van der Waals surface area contributed by atoms with Gasteiger partial charge in [0.05, 0.1) is 5.54 Å². The molecule has 0 aromatic heterocycles. The van der Waals surface area contributed by atoms with Crippen LogP contribution in [0.1, 0.15) is 58.8 Å². The first-order valence-electron chi connectivity index (χ1n) is 9.85. The van der Waals surface area contributed by atoms with Crippen LogP contribution in [0.2, 0.25) is 0 Å². The fourth-order valence-corrected chi connectivity index (χ4v) is 4.40. The van der Waals surface area contributed by atoms with E-state index in [-0.39, 0.29) is 11.5 Å². The van der Waals surface area contributed by atoms with Gasteiger partial charge in [0.15, 0.2) is 0 Å². The van der Waals surface area contributed by atoms with E-state index in [4.69, 9.17) is 0 Å². The monoisotopic (exact) mass is 386 g/mol. The van der Waals surface area contributed by atoms with Gasteiger partial charge in [-0.1, -0.05) is 43.3 Å². The summed E-state index contributed by atoms with van der Waals surface area (Å²) < 4.78 is 26.5. The van der Waals surface area contributed by atoms with Gasteiger partial charge in [-0.25, -0.2) is 8.78 Å². The summed E-state index contributed by atoms with van der Waals surface area (Å²) in [6, 6.07) is 13.0. The highest BCUT2D eigenvalue weighted by Crippen LogP contribution is 2.33.